The predicted molar refractivity (Wildman–Crippen MR) is 88.7 cm³/mol. The minimum Gasteiger partial charge on any atom is -0.359 e. The van der Waals surface area contributed by atoms with Crippen molar-refractivity contribution in [3.05, 3.63) is 23.5 Å². The Hall–Kier alpha value is -2.38. The third-order valence-electron chi connectivity index (χ3n) is 4.03. The van der Waals surface area contributed by atoms with E-state index < -0.39 is 0 Å². The summed E-state index contributed by atoms with van der Waals surface area (Å²) in [6, 6.07) is 1.29. The molecule has 0 spiro atoms. The number of anilines is 1. The van der Waals surface area contributed by atoms with Crippen molar-refractivity contribution >= 4 is 11.8 Å². The number of aromatic nitrogens is 4. The van der Waals surface area contributed by atoms with E-state index in [9.17, 15) is 4.79 Å². The summed E-state index contributed by atoms with van der Waals surface area (Å²) in [5.74, 6) is 2.76. The number of hydrogen-bond donors (Lipinski definition) is 2. The summed E-state index contributed by atoms with van der Waals surface area (Å²) < 4.78 is 7.17. The van der Waals surface area contributed by atoms with Crippen LogP contribution in [0.5, 0.6) is 0 Å². The van der Waals surface area contributed by atoms with Gasteiger partial charge in [0.15, 0.2) is 11.6 Å². The molecule has 1 aliphatic heterocycles. The molecule has 0 bridgehead atoms. The Morgan fingerprint density at radius 2 is 2.25 bits per heavy atom. The minimum atomic E-state index is -0.316. The average molecular weight is 332 g/mol. The maximum atomic E-state index is 12.3. The zero-order valence-electron chi connectivity index (χ0n) is 14.6. The van der Waals surface area contributed by atoms with Crippen molar-refractivity contribution in [2.45, 2.75) is 65.0 Å². The molecule has 0 saturated heterocycles. The molecule has 0 fully saturated rings. The van der Waals surface area contributed by atoms with Gasteiger partial charge < -0.3 is 9.84 Å². The smallest absolute Gasteiger partial charge is 0.321 e. The van der Waals surface area contributed by atoms with Crippen molar-refractivity contribution in [3.63, 3.8) is 0 Å². The van der Waals surface area contributed by atoms with Gasteiger partial charge in [0.05, 0.1) is 6.04 Å². The number of aryl methyl sites for hydroxylation is 2. The Morgan fingerprint density at radius 3 is 2.92 bits per heavy atom. The van der Waals surface area contributed by atoms with Crippen LogP contribution in [0.15, 0.2) is 10.6 Å². The molecule has 2 aromatic rings. The van der Waals surface area contributed by atoms with Gasteiger partial charge in [-0.2, -0.15) is 5.10 Å². The van der Waals surface area contributed by atoms with Crippen LogP contribution in [0.2, 0.25) is 0 Å². The van der Waals surface area contributed by atoms with Gasteiger partial charge in [-0.3, -0.25) is 5.32 Å². The third-order valence-corrected chi connectivity index (χ3v) is 4.03. The molecule has 0 aromatic carbocycles. The zero-order chi connectivity index (χ0) is 17.3. The molecule has 3 heterocycles. The van der Waals surface area contributed by atoms with E-state index >= 15 is 0 Å². The SMILES string of the molecule is CCc1nc2n(n1)CCC[C@@H]2NC(=O)Nc1cc(C(C)(C)C)on1. The molecular weight excluding hydrogens is 308 g/mol. The Labute approximate surface area is 141 Å². The van der Waals surface area contributed by atoms with Crippen LogP contribution < -0.4 is 10.6 Å². The Morgan fingerprint density at radius 1 is 1.46 bits per heavy atom. The molecule has 3 rings (SSSR count). The molecule has 8 heteroatoms. The summed E-state index contributed by atoms with van der Waals surface area (Å²) in [6.45, 7) is 8.95. The maximum Gasteiger partial charge on any atom is 0.321 e. The van der Waals surface area contributed by atoms with Gasteiger partial charge in [-0.25, -0.2) is 14.5 Å². The van der Waals surface area contributed by atoms with Crippen molar-refractivity contribution < 1.29 is 9.32 Å². The Bertz CT molecular complexity index is 727. The monoisotopic (exact) mass is 332 g/mol. The number of carbonyl (C=O) groups excluding carboxylic acids is 1. The molecule has 2 aromatic heterocycles. The number of amides is 2. The fraction of sp³-hybridized carbons (Fsp3) is 0.625. The number of hydrogen-bond acceptors (Lipinski definition) is 5. The summed E-state index contributed by atoms with van der Waals surface area (Å²) in [5, 5.41) is 14.0. The van der Waals surface area contributed by atoms with Crippen molar-refractivity contribution in [1.82, 2.24) is 25.2 Å². The van der Waals surface area contributed by atoms with Crippen LogP contribution in [0.3, 0.4) is 0 Å². The van der Waals surface area contributed by atoms with Gasteiger partial charge in [0.2, 0.25) is 0 Å². The summed E-state index contributed by atoms with van der Waals surface area (Å²) in [7, 11) is 0. The number of carbonyl (C=O) groups is 1. The quantitative estimate of drug-likeness (QED) is 0.900. The molecule has 2 N–H and O–H groups in total. The highest BCUT2D eigenvalue weighted by Gasteiger charge is 2.26. The van der Waals surface area contributed by atoms with Crippen LogP contribution in [0, 0.1) is 0 Å². The van der Waals surface area contributed by atoms with E-state index in [0.29, 0.717) is 5.82 Å². The lowest BCUT2D eigenvalue weighted by atomic mass is 9.93. The zero-order valence-corrected chi connectivity index (χ0v) is 14.6. The molecule has 8 nitrogen and oxygen atoms in total. The first-order valence-corrected chi connectivity index (χ1v) is 8.35. The topological polar surface area (TPSA) is 97.9 Å². The molecule has 0 radical (unpaired) electrons. The molecule has 24 heavy (non-hydrogen) atoms. The van der Waals surface area contributed by atoms with Gasteiger partial charge in [-0.1, -0.05) is 32.9 Å². The van der Waals surface area contributed by atoms with Gasteiger partial charge in [0, 0.05) is 24.4 Å². The number of urea groups is 1. The van der Waals surface area contributed by atoms with E-state index in [1.165, 1.54) is 0 Å². The maximum absolute atomic E-state index is 12.3. The van der Waals surface area contributed by atoms with Crippen LogP contribution in [-0.2, 0) is 18.4 Å². The highest BCUT2D eigenvalue weighted by Crippen LogP contribution is 2.25. The lowest BCUT2D eigenvalue weighted by Gasteiger charge is -2.22. The second-order valence-corrected chi connectivity index (χ2v) is 7.08. The summed E-state index contributed by atoms with van der Waals surface area (Å²) in [5.41, 5.74) is -0.153. The van der Waals surface area contributed by atoms with Crippen molar-refractivity contribution in [3.8, 4) is 0 Å². The molecule has 0 unspecified atom stereocenters. The van der Waals surface area contributed by atoms with Gasteiger partial charge in [0.1, 0.15) is 11.6 Å². The molecule has 2 amide bonds. The van der Waals surface area contributed by atoms with E-state index in [4.69, 9.17) is 4.52 Å². The molecule has 1 atom stereocenters. The lowest BCUT2D eigenvalue weighted by molar-refractivity contribution is 0.244. The summed E-state index contributed by atoms with van der Waals surface area (Å²) in [6.07, 6.45) is 2.59. The normalized spacial score (nSPS) is 17.4. The van der Waals surface area contributed by atoms with Gasteiger partial charge >= 0.3 is 6.03 Å². The van der Waals surface area contributed by atoms with Crippen LogP contribution in [0.25, 0.3) is 0 Å². The third kappa shape index (κ3) is 3.42. The van der Waals surface area contributed by atoms with Crippen molar-refractivity contribution in [2.75, 3.05) is 5.32 Å². The first kappa shape index (κ1) is 16.5. The molecule has 130 valence electrons. The number of fused-ring (bicyclic) bond motifs is 1. The van der Waals surface area contributed by atoms with Crippen molar-refractivity contribution in [2.24, 2.45) is 0 Å². The first-order chi connectivity index (χ1) is 11.4. The molecule has 0 aliphatic carbocycles. The molecular formula is C16H24N6O2. The van der Waals surface area contributed by atoms with Gasteiger partial charge in [-0.15, -0.1) is 0 Å². The first-order valence-electron chi connectivity index (χ1n) is 8.35. The average Bonchev–Trinajstić information content (AvgIpc) is 3.13. The summed E-state index contributed by atoms with van der Waals surface area (Å²) in [4.78, 5) is 16.8. The second-order valence-electron chi connectivity index (χ2n) is 7.08. The van der Waals surface area contributed by atoms with Crippen LogP contribution in [0.1, 0.15) is 64.0 Å². The second kappa shape index (κ2) is 6.26. The number of rotatable bonds is 3. The highest BCUT2D eigenvalue weighted by atomic mass is 16.5. The lowest BCUT2D eigenvalue weighted by Crippen LogP contribution is -2.36. The van der Waals surface area contributed by atoms with E-state index in [0.717, 1.165) is 43.2 Å². The van der Waals surface area contributed by atoms with Crippen LogP contribution in [-0.4, -0.2) is 26.0 Å². The Kier molecular flexibility index (Phi) is 4.29. The van der Waals surface area contributed by atoms with Crippen molar-refractivity contribution in [1.29, 1.82) is 0 Å². The fourth-order valence-corrected chi connectivity index (χ4v) is 2.68. The predicted octanol–water partition coefficient (Wildman–Crippen LogP) is 2.78. The van der Waals surface area contributed by atoms with Gasteiger partial charge in [0.25, 0.3) is 0 Å². The highest BCUT2D eigenvalue weighted by molar-refractivity contribution is 5.88. The van der Waals surface area contributed by atoms with Crippen LogP contribution in [0.4, 0.5) is 10.6 Å². The fourth-order valence-electron chi connectivity index (χ4n) is 2.68. The van der Waals surface area contributed by atoms with E-state index in [1.54, 1.807) is 6.07 Å². The minimum absolute atomic E-state index is 0.138. The van der Waals surface area contributed by atoms with Gasteiger partial charge in [-0.05, 0) is 12.8 Å². The Balaban J connectivity index is 1.66. The van der Waals surface area contributed by atoms with E-state index in [1.807, 2.05) is 32.4 Å². The largest absolute Gasteiger partial charge is 0.359 e. The standard InChI is InChI=1S/C16H24N6O2/c1-5-12-18-14-10(7-6-8-22(14)20-12)17-15(23)19-13-9-11(24-21-13)16(2,3)4/h9-10H,5-8H2,1-4H3,(H2,17,19,21,23)/t10-/m0/s1. The molecule has 0 saturated carbocycles. The molecule has 1 aliphatic rings. The van der Waals surface area contributed by atoms with Crippen LogP contribution >= 0.6 is 0 Å². The number of nitrogens with zero attached hydrogens (tertiary/aromatic N) is 4. The van der Waals surface area contributed by atoms with E-state index in [-0.39, 0.29) is 17.5 Å². The summed E-state index contributed by atoms with van der Waals surface area (Å²) >= 11 is 0. The number of nitrogens with one attached hydrogen (secondary N) is 2. The van der Waals surface area contributed by atoms with E-state index in [2.05, 4.69) is 25.9 Å².